The van der Waals surface area contributed by atoms with Crippen LogP contribution in [0.5, 0.6) is 5.75 Å². The molecule has 1 saturated heterocycles. The molecule has 1 heterocycles. The SMILES string of the molecule is COc1cccc(NC2(C(=O)NC3CC3)CCN(C(=O)CN(C)C)CC2)c1. The van der Waals surface area contributed by atoms with E-state index in [0.29, 0.717) is 38.5 Å². The van der Waals surface area contributed by atoms with E-state index in [-0.39, 0.29) is 11.8 Å². The van der Waals surface area contributed by atoms with Crippen molar-refractivity contribution in [2.45, 2.75) is 37.3 Å². The minimum Gasteiger partial charge on any atom is -0.497 e. The predicted molar refractivity (Wildman–Crippen MR) is 105 cm³/mol. The second kappa shape index (κ2) is 8.17. The molecule has 2 aliphatic rings. The fraction of sp³-hybridized carbons (Fsp3) is 0.600. The molecule has 0 spiro atoms. The second-order valence-electron chi connectivity index (χ2n) is 7.81. The van der Waals surface area contributed by atoms with E-state index < -0.39 is 5.54 Å². The lowest BCUT2D eigenvalue weighted by Gasteiger charge is -2.42. The predicted octanol–water partition coefficient (Wildman–Crippen LogP) is 1.31. The summed E-state index contributed by atoms with van der Waals surface area (Å²) < 4.78 is 5.30. The van der Waals surface area contributed by atoms with Crippen molar-refractivity contribution >= 4 is 17.5 Å². The van der Waals surface area contributed by atoms with E-state index in [2.05, 4.69) is 10.6 Å². The summed E-state index contributed by atoms with van der Waals surface area (Å²) in [7, 11) is 5.41. The Morgan fingerprint density at radius 3 is 2.56 bits per heavy atom. The Labute approximate surface area is 161 Å². The number of hydrogen-bond acceptors (Lipinski definition) is 5. The van der Waals surface area contributed by atoms with Gasteiger partial charge < -0.3 is 25.2 Å². The zero-order chi connectivity index (χ0) is 19.4. The molecule has 0 bridgehead atoms. The number of methoxy groups -OCH3 is 1. The fourth-order valence-electron chi connectivity index (χ4n) is 3.45. The van der Waals surface area contributed by atoms with Crippen LogP contribution in [0, 0.1) is 0 Å². The normalized spacial score (nSPS) is 18.9. The number of ether oxygens (including phenoxy) is 1. The summed E-state index contributed by atoms with van der Waals surface area (Å²) in [6.07, 6.45) is 3.27. The lowest BCUT2D eigenvalue weighted by molar-refractivity contribution is -0.136. The molecule has 2 amide bonds. The van der Waals surface area contributed by atoms with Crippen LogP contribution >= 0.6 is 0 Å². The number of likely N-dealkylation sites (N-methyl/N-ethyl adjacent to an activating group) is 1. The van der Waals surface area contributed by atoms with Crippen molar-refractivity contribution in [1.82, 2.24) is 15.1 Å². The number of hydrogen-bond donors (Lipinski definition) is 2. The zero-order valence-corrected chi connectivity index (χ0v) is 16.5. The molecule has 2 fully saturated rings. The highest BCUT2D eigenvalue weighted by Crippen LogP contribution is 2.31. The van der Waals surface area contributed by atoms with Crippen LogP contribution in [0.2, 0.25) is 0 Å². The summed E-state index contributed by atoms with van der Waals surface area (Å²) in [5.41, 5.74) is 0.150. The van der Waals surface area contributed by atoms with E-state index in [4.69, 9.17) is 4.74 Å². The first-order chi connectivity index (χ1) is 12.9. The molecular weight excluding hydrogens is 344 g/mol. The van der Waals surface area contributed by atoms with Gasteiger partial charge in [-0.25, -0.2) is 0 Å². The summed E-state index contributed by atoms with van der Waals surface area (Å²) >= 11 is 0. The number of nitrogens with one attached hydrogen (secondary N) is 2. The fourth-order valence-corrected chi connectivity index (χ4v) is 3.45. The minimum absolute atomic E-state index is 0.0347. The first-order valence-electron chi connectivity index (χ1n) is 9.57. The Morgan fingerprint density at radius 1 is 1.26 bits per heavy atom. The molecule has 1 aromatic rings. The minimum atomic E-state index is -0.705. The van der Waals surface area contributed by atoms with Gasteiger partial charge in [-0.05, 0) is 51.9 Å². The first-order valence-corrected chi connectivity index (χ1v) is 9.57. The molecule has 2 N–H and O–H groups in total. The Morgan fingerprint density at radius 2 is 1.96 bits per heavy atom. The van der Waals surface area contributed by atoms with E-state index in [9.17, 15) is 9.59 Å². The average molecular weight is 374 g/mol. The summed E-state index contributed by atoms with van der Waals surface area (Å²) in [5, 5.41) is 6.61. The molecule has 148 valence electrons. The molecule has 0 aromatic heterocycles. The molecule has 1 saturated carbocycles. The van der Waals surface area contributed by atoms with Crippen molar-refractivity contribution in [3.63, 3.8) is 0 Å². The van der Waals surface area contributed by atoms with Crippen molar-refractivity contribution in [3.8, 4) is 5.75 Å². The first kappa shape index (κ1) is 19.5. The smallest absolute Gasteiger partial charge is 0.246 e. The summed E-state index contributed by atoms with van der Waals surface area (Å²) in [4.78, 5) is 29.2. The highest BCUT2D eigenvalue weighted by molar-refractivity contribution is 5.90. The number of anilines is 1. The maximum absolute atomic E-state index is 13.1. The molecule has 27 heavy (non-hydrogen) atoms. The zero-order valence-electron chi connectivity index (χ0n) is 16.5. The van der Waals surface area contributed by atoms with Gasteiger partial charge >= 0.3 is 0 Å². The number of carbonyl (C=O) groups excluding carboxylic acids is 2. The lowest BCUT2D eigenvalue weighted by atomic mass is 9.85. The van der Waals surface area contributed by atoms with Crippen LogP contribution in [0.1, 0.15) is 25.7 Å². The van der Waals surface area contributed by atoms with Crippen LogP contribution in [-0.4, -0.2) is 74.0 Å². The maximum Gasteiger partial charge on any atom is 0.246 e. The second-order valence-corrected chi connectivity index (χ2v) is 7.81. The summed E-state index contributed by atoms with van der Waals surface area (Å²) in [5.74, 6) is 0.890. The molecule has 7 nitrogen and oxygen atoms in total. The summed E-state index contributed by atoms with van der Waals surface area (Å²) in [6.45, 7) is 1.54. The number of nitrogens with zero attached hydrogens (tertiary/aromatic N) is 2. The van der Waals surface area contributed by atoms with Crippen molar-refractivity contribution in [3.05, 3.63) is 24.3 Å². The molecule has 1 aromatic carbocycles. The van der Waals surface area contributed by atoms with Gasteiger partial charge in [-0.3, -0.25) is 9.59 Å². The van der Waals surface area contributed by atoms with Gasteiger partial charge in [-0.1, -0.05) is 6.07 Å². The highest BCUT2D eigenvalue weighted by Gasteiger charge is 2.44. The van der Waals surface area contributed by atoms with Gasteiger partial charge in [0.15, 0.2) is 0 Å². The van der Waals surface area contributed by atoms with E-state index >= 15 is 0 Å². The third-order valence-electron chi connectivity index (χ3n) is 5.22. The molecule has 3 rings (SSSR count). The van der Waals surface area contributed by atoms with Crippen LogP contribution in [-0.2, 0) is 9.59 Å². The largest absolute Gasteiger partial charge is 0.497 e. The quantitative estimate of drug-likeness (QED) is 0.753. The van der Waals surface area contributed by atoms with Crippen molar-refractivity contribution in [2.75, 3.05) is 46.2 Å². The molecule has 7 heteroatoms. The number of carbonyl (C=O) groups is 2. The molecule has 1 aliphatic heterocycles. The van der Waals surface area contributed by atoms with Crippen LogP contribution in [0.3, 0.4) is 0 Å². The van der Waals surface area contributed by atoms with Crippen LogP contribution in [0.15, 0.2) is 24.3 Å². The van der Waals surface area contributed by atoms with E-state index in [1.54, 1.807) is 7.11 Å². The van der Waals surface area contributed by atoms with Gasteiger partial charge in [-0.2, -0.15) is 0 Å². The number of likely N-dealkylation sites (tertiary alicyclic amines) is 1. The van der Waals surface area contributed by atoms with Crippen molar-refractivity contribution in [1.29, 1.82) is 0 Å². The average Bonchev–Trinajstić information content (AvgIpc) is 3.45. The third kappa shape index (κ3) is 4.91. The van der Waals surface area contributed by atoms with Gasteiger partial charge in [0.05, 0.1) is 13.7 Å². The number of benzene rings is 1. The van der Waals surface area contributed by atoms with Gasteiger partial charge in [0, 0.05) is 30.9 Å². The number of rotatable bonds is 7. The van der Waals surface area contributed by atoms with Crippen LogP contribution in [0.4, 0.5) is 5.69 Å². The molecule has 0 unspecified atom stereocenters. The van der Waals surface area contributed by atoms with Gasteiger partial charge in [0.25, 0.3) is 0 Å². The van der Waals surface area contributed by atoms with Crippen LogP contribution in [0.25, 0.3) is 0 Å². The van der Waals surface area contributed by atoms with E-state index in [1.807, 2.05) is 48.2 Å². The Bertz CT molecular complexity index is 680. The van der Waals surface area contributed by atoms with Crippen molar-refractivity contribution < 1.29 is 14.3 Å². The number of piperidine rings is 1. The van der Waals surface area contributed by atoms with Crippen LogP contribution < -0.4 is 15.4 Å². The molecule has 0 atom stereocenters. The number of amides is 2. The molecule has 1 aliphatic carbocycles. The van der Waals surface area contributed by atoms with E-state index in [1.165, 1.54) is 0 Å². The third-order valence-corrected chi connectivity index (χ3v) is 5.22. The maximum atomic E-state index is 13.1. The topological polar surface area (TPSA) is 73.9 Å². The Balaban J connectivity index is 1.73. The Hall–Kier alpha value is -2.28. The monoisotopic (exact) mass is 374 g/mol. The molecular formula is C20H30N4O3. The lowest BCUT2D eigenvalue weighted by Crippen LogP contribution is -2.59. The van der Waals surface area contributed by atoms with Gasteiger partial charge in [0.2, 0.25) is 11.8 Å². The molecule has 0 radical (unpaired) electrons. The highest BCUT2D eigenvalue weighted by atomic mass is 16.5. The van der Waals surface area contributed by atoms with Crippen molar-refractivity contribution in [2.24, 2.45) is 0 Å². The standard InChI is InChI=1S/C20H30N4O3/c1-23(2)14-18(25)24-11-9-20(10-12-24,19(26)21-15-7-8-15)22-16-5-4-6-17(13-16)27-3/h4-6,13,15,22H,7-12,14H2,1-3H3,(H,21,26). The van der Waals surface area contributed by atoms with E-state index in [0.717, 1.165) is 24.3 Å². The Kier molecular flexibility index (Phi) is 5.89. The van der Waals surface area contributed by atoms with Gasteiger partial charge in [-0.15, -0.1) is 0 Å². The van der Waals surface area contributed by atoms with Gasteiger partial charge in [0.1, 0.15) is 11.3 Å². The summed E-state index contributed by atoms with van der Waals surface area (Å²) in [6, 6.07) is 7.93.